The summed E-state index contributed by atoms with van der Waals surface area (Å²) in [6.45, 7) is 0.290. The van der Waals surface area contributed by atoms with E-state index in [1.807, 2.05) is 35.2 Å². The number of rotatable bonds is 4. The molecule has 1 amide bonds. The molecular weight excluding hydrogens is 441 g/mol. The second kappa shape index (κ2) is 8.81. The molecule has 1 fully saturated rings. The molecule has 3 aliphatic rings. The Bertz CT molecular complexity index is 1300. The smallest absolute Gasteiger partial charge is 0.410 e. The third-order valence-electron chi connectivity index (χ3n) is 7.70. The highest BCUT2D eigenvalue weighted by molar-refractivity contribution is 5.87. The number of aldehydes is 1. The summed E-state index contributed by atoms with van der Waals surface area (Å²) in [5.41, 5.74) is 6.44. The van der Waals surface area contributed by atoms with Crippen molar-refractivity contribution in [3.8, 4) is 11.1 Å². The maximum absolute atomic E-state index is 14.2. The number of hydrogen-bond acceptors (Lipinski definition) is 3. The molecule has 0 N–H and O–H groups in total. The summed E-state index contributed by atoms with van der Waals surface area (Å²) in [6.07, 6.45) is 5.62. The predicted octanol–water partition coefficient (Wildman–Crippen LogP) is 6.60. The number of piperidine rings is 1. The molecule has 2 bridgehead atoms. The molecule has 0 spiro atoms. The van der Waals surface area contributed by atoms with Gasteiger partial charge in [0.2, 0.25) is 0 Å². The molecule has 6 rings (SSSR count). The molecule has 5 heteroatoms. The maximum Gasteiger partial charge on any atom is 0.410 e. The first-order chi connectivity index (χ1) is 17.2. The molecule has 2 unspecified atom stereocenters. The fraction of sp³-hybridized carbons (Fsp3) is 0.267. The molecule has 1 aliphatic carbocycles. The summed E-state index contributed by atoms with van der Waals surface area (Å²) >= 11 is 0. The zero-order chi connectivity index (χ0) is 23.9. The second-order valence-electron chi connectivity index (χ2n) is 9.58. The van der Waals surface area contributed by atoms with Crippen molar-refractivity contribution in [3.63, 3.8) is 0 Å². The minimum absolute atomic E-state index is 0.0181. The first kappa shape index (κ1) is 21.8. The summed E-state index contributed by atoms with van der Waals surface area (Å²) in [7, 11) is 0. The summed E-state index contributed by atoms with van der Waals surface area (Å²) in [4.78, 5) is 26.8. The average Bonchev–Trinajstić information content (AvgIpc) is 3.20. The van der Waals surface area contributed by atoms with Gasteiger partial charge >= 0.3 is 6.09 Å². The molecule has 2 aliphatic heterocycles. The molecule has 176 valence electrons. The van der Waals surface area contributed by atoms with E-state index in [0.29, 0.717) is 24.9 Å². The molecule has 35 heavy (non-hydrogen) atoms. The fourth-order valence-electron chi connectivity index (χ4n) is 6.12. The Hall–Kier alpha value is -3.73. The van der Waals surface area contributed by atoms with Gasteiger partial charge < -0.3 is 4.74 Å². The number of nitrogens with zero attached hydrogens (tertiary/aromatic N) is 1. The predicted molar refractivity (Wildman–Crippen MR) is 133 cm³/mol. The molecule has 3 aromatic carbocycles. The van der Waals surface area contributed by atoms with Crippen LogP contribution in [-0.4, -0.2) is 36.0 Å². The van der Waals surface area contributed by atoms with Crippen LogP contribution in [0.25, 0.3) is 16.7 Å². The lowest BCUT2D eigenvalue weighted by atomic mass is 9.82. The van der Waals surface area contributed by atoms with Crippen LogP contribution in [0, 0.1) is 5.82 Å². The minimum Gasteiger partial charge on any atom is -0.448 e. The Morgan fingerprint density at radius 2 is 1.63 bits per heavy atom. The van der Waals surface area contributed by atoms with E-state index >= 15 is 0 Å². The van der Waals surface area contributed by atoms with Crippen molar-refractivity contribution >= 4 is 18.0 Å². The van der Waals surface area contributed by atoms with Gasteiger partial charge in [-0.05, 0) is 65.1 Å². The highest BCUT2D eigenvalue weighted by Crippen LogP contribution is 2.45. The number of amides is 1. The van der Waals surface area contributed by atoms with Gasteiger partial charge in [0.1, 0.15) is 12.4 Å². The maximum atomic E-state index is 14.2. The molecule has 1 saturated heterocycles. The lowest BCUT2D eigenvalue weighted by molar-refractivity contribution is 0.0538. The standard InChI is InChI=1S/C30H26FNO3/c31-29-14-6-13-22(27(29)17-33)19-15-20-7-5-8-21(16-19)32(20)30(34)35-18-28-25-11-3-1-9-23(25)24-10-2-4-12-26(24)28/h1-4,6,9-15,17,20-21,28H,5,7-8,16,18H2. The van der Waals surface area contributed by atoms with Crippen LogP contribution in [0.1, 0.15) is 58.6 Å². The molecule has 0 radical (unpaired) electrons. The van der Waals surface area contributed by atoms with Crippen LogP contribution in [0.5, 0.6) is 0 Å². The Morgan fingerprint density at radius 3 is 2.31 bits per heavy atom. The third-order valence-corrected chi connectivity index (χ3v) is 7.70. The Balaban J connectivity index is 1.24. The van der Waals surface area contributed by atoms with Gasteiger partial charge in [-0.1, -0.05) is 66.7 Å². The summed E-state index contributed by atoms with van der Waals surface area (Å²) < 4.78 is 20.2. The topological polar surface area (TPSA) is 46.6 Å². The van der Waals surface area contributed by atoms with E-state index in [4.69, 9.17) is 4.74 Å². The highest BCUT2D eigenvalue weighted by atomic mass is 19.1. The minimum atomic E-state index is -0.512. The van der Waals surface area contributed by atoms with Crippen LogP contribution in [0.4, 0.5) is 9.18 Å². The molecule has 0 aromatic heterocycles. The Morgan fingerprint density at radius 1 is 0.943 bits per heavy atom. The van der Waals surface area contributed by atoms with Crippen molar-refractivity contribution in [2.75, 3.05) is 6.61 Å². The summed E-state index contributed by atoms with van der Waals surface area (Å²) in [6, 6.07) is 21.2. The fourth-order valence-corrected chi connectivity index (χ4v) is 6.12. The number of ether oxygens (including phenoxy) is 1. The van der Waals surface area contributed by atoms with Crippen molar-refractivity contribution in [2.45, 2.75) is 43.7 Å². The van der Waals surface area contributed by atoms with Gasteiger partial charge in [-0.25, -0.2) is 9.18 Å². The van der Waals surface area contributed by atoms with E-state index in [1.54, 1.807) is 12.1 Å². The first-order valence-corrected chi connectivity index (χ1v) is 12.2. The number of carbonyl (C=O) groups excluding carboxylic acids is 2. The van der Waals surface area contributed by atoms with Gasteiger partial charge in [-0.15, -0.1) is 0 Å². The van der Waals surface area contributed by atoms with Crippen LogP contribution in [-0.2, 0) is 4.74 Å². The normalized spacial score (nSPS) is 20.6. The van der Waals surface area contributed by atoms with E-state index in [0.717, 1.165) is 24.8 Å². The van der Waals surface area contributed by atoms with Crippen molar-refractivity contribution < 1.29 is 18.7 Å². The van der Waals surface area contributed by atoms with Crippen molar-refractivity contribution in [1.29, 1.82) is 0 Å². The second-order valence-corrected chi connectivity index (χ2v) is 9.58. The van der Waals surface area contributed by atoms with E-state index in [2.05, 4.69) is 24.3 Å². The van der Waals surface area contributed by atoms with Crippen LogP contribution >= 0.6 is 0 Å². The van der Waals surface area contributed by atoms with Gasteiger partial charge in [0, 0.05) is 12.0 Å². The molecule has 4 nitrogen and oxygen atoms in total. The van der Waals surface area contributed by atoms with E-state index in [9.17, 15) is 14.0 Å². The largest absolute Gasteiger partial charge is 0.448 e. The Kier molecular flexibility index (Phi) is 5.48. The molecule has 2 atom stereocenters. The van der Waals surface area contributed by atoms with Crippen LogP contribution in [0.2, 0.25) is 0 Å². The van der Waals surface area contributed by atoms with Crippen molar-refractivity contribution in [1.82, 2.24) is 4.90 Å². The zero-order valence-electron chi connectivity index (χ0n) is 19.3. The van der Waals surface area contributed by atoms with Crippen molar-refractivity contribution in [2.24, 2.45) is 0 Å². The van der Waals surface area contributed by atoms with Gasteiger partial charge in [0.25, 0.3) is 0 Å². The quantitative estimate of drug-likeness (QED) is 0.406. The number of carbonyl (C=O) groups is 2. The molecular formula is C30H26FNO3. The molecule has 2 heterocycles. The highest BCUT2D eigenvalue weighted by Gasteiger charge is 2.39. The lowest BCUT2D eigenvalue weighted by Gasteiger charge is -2.44. The number of benzene rings is 3. The van der Waals surface area contributed by atoms with Gasteiger partial charge in [0.15, 0.2) is 6.29 Å². The zero-order valence-corrected chi connectivity index (χ0v) is 19.3. The van der Waals surface area contributed by atoms with E-state index in [1.165, 1.54) is 28.3 Å². The number of fused-ring (bicyclic) bond motifs is 5. The van der Waals surface area contributed by atoms with Gasteiger partial charge in [-0.3, -0.25) is 9.69 Å². The first-order valence-electron chi connectivity index (χ1n) is 12.2. The average molecular weight is 468 g/mol. The molecule has 0 saturated carbocycles. The van der Waals surface area contributed by atoms with Gasteiger partial charge in [0.05, 0.1) is 11.6 Å². The van der Waals surface area contributed by atoms with Crippen molar-refractivity contribution in [3.05, 3.63) is 101 Å². The lowest BCUT2D eigenvalue weighted by Crippen LogP contribution is -2.52. The molecule has 3 aromatic rings. The Labute approximate surface area is 204 Å². The summed E-state index contributed by atoms with van der Waals surface area (Å²) in [5, 5.41) is 0. The van der Waals surface area contributed by atoms with Gasteiger partial charge in [-0.2, -0.15) is 0 Å². The van der Waals surface area contributed by atoms with E-state index < -0.39 is 5.82 Å². The summed E-state index contributed by atoms with van der Waals surface area (Å²) in [5.74, 6) is -0.493. The van der Waals surface area contributed by atoms with Crippen LogP contribution in [0.15, 0.2) is 72.8 Å². The number of halogens is 1. The SMILES string of the molecule is O=Cc1c(F)cccc1C1=CC2CCCC(C1)N2C(=O)OCC1c2ccccc2-c2ccccc21. The number of hydrogen-bond donors (Lipinski definition) is 0. The van der Waals surface area contributed by atoms with E-state index in [-0.39, 0.29) is 29.7 Å². The third kappa shape index (κ3) is 3.66. The monoisotopic (exact) mass is 467 g/mol. The van der Waals surface area contributed by atoms with Crippen LogP contribution < -0.4 is 0 Å². The van der Waals surface area contributed by atoms with Crippen LogP contribution in [0.3, 0.4) is 0 Å².